The lowest BCUT2D eigenvalue weighted by atomic mass is 9.92. The highest BCUT2D eigenvalue weighted by Crippen LogP contribution is 2.39. The second-order valence-corrected chi connectivity index (χ2v) is 18.2. The van der Waals surface area contributed by atoms with Crippen molar-refractivity contribution in [3.63, 3.8) is 0 Å². The summed E-state index contributed by atoms with van der Waals surface area (Å²) in [4.78, 5) is 39.7. The van der Waals surface area contributed by atoms with Crippen LogP contribution in [0.25, 0.3) is 0 Å². The number of carbonyl (C=O) groups excluding carboxylic acids is 2. The van der Waals surface area contributed by atoms with E-state index >= 15 is 0 Å². The first-order valence-corrected chi connectivity index (χ1v) is 22.8. The largest absolute Gasteiger partial charge is 0.490 e. The molecule has 0 radical (unpaired) electrons. The molecule has 2 aromatic heterocycles. The lowest BCUT2D eigenvalue weighted by Crippen LogP contribution is -2.50. The van der Waals surface area contributed by atoms with Crippen LogP contribution in [0.1, 0.15) is 93.1 Å². The predicted octanol–water partition coefficient (Wildman–Crippen LogP) is 5.83. The van der Waals surface area contributed by atoms with Crippen LogP contribution in [-0.4, -0.2) is 123 Å². The van der Waals surface area contributed by atoms with E-state index in [2.05, 4.69) is 41.8 Å². The predicted molar refractivity (Wildman–Crippen MR) is 235 cm³/mol. The number of carbonyl (C=O) groups is 2. The fourth-order valence-corrected chi connectivity index (χ4v) is 10.6. The second kappa shape index (κ2) is 18.1. The molecule has 1 N–H and O–H groups in total. The molecule has 0 bridgehead atoms. The second-order valence-electron chi connectivity index (χ2n) is 17.8. The van der Waals surface area contributed by atoms with Gasteiger partial charge in [0.25, 0.3) is 0 Å². The van der Waals surface area contributed by atoms with Gasteiger partial charge in [0, 0.05) is 95.8 Å². The van der Waals surface area contributed by atoms with Crippen LogP contribution in [0, 0.1) is 17.2 Å². The van der Waals surface area contributed by atoms with Gasteiger partial charge in [-0.2, -0.15) is 15.5 Å². The molecule has 1 unspecified atom stereocenters. The summed E-state index contributed by atoms with van der Waals surface area (Å²) in [5, 5.41) is 24.9. The molecule has 0 spiro atoms. The first-order valence-electron chi connectivity index (χ1n) is 22.4. The Morgan fingerprint density at radius 2 is 1.79 bits per heavy atom. The minimum Gasteiger partial charge on any atom is -0.490 e. The minimum absolute atomic E-state index is 0.0231. The van der Waals surface area contributed by atoms with Crippen molar-refractivity contribution in [1.29, 1.82) is 5.26 Å². The molecule has 61 heavy (non-hydrogen) atoms. The summed E-state index contributed by atoms with van der Waals surface area (Å²) in [5.41, 5.74) is 5.43. The monoisotopic (exact) mass is 847 g/mol. The number of amides is 2. The van der Waals surface area contributed by atoms with E-state index in [1.165, 1.54) is 16.8 Å². The molecule has 14 nitrogen and oxygen atoms in total. The number of piperidine rings is 2. The van der Waals surface area contributed by atoms with Gasteiger partial charge in [-0.3, -0.25) is 24.3 Å². The highest BCUT2D eigenvalue weighted by Gasteiger charge is 2.35. The van der Waals surface area contributed by atoms with Crippen molar-refractivity contribution in [3.05, 3.63) is 76.2 Å². The molecule has 7 heterocycles. The average Bonchev–Trinajstić information content (AvgIpc) is 3.66. The van der Waals surface area contributed by atoms with E-state index in [4.69, 9.17) is 31.8 Å². The summed E-state index contributed by atoms with van der Waals surface area (Å²) in [5.74, 6) is 3.37. The van der Waals surface area contributed by atoms with Gasteiger partial charge in [0.15, 0.2) is 5.82 Å². The Morgan fingerprint density at radius 1 is 0.984 bits per heavy atom. The molecular formula is C46H58ClN11O3. The van der Waals surface area contributed by atoms with Gasteiger partial charge < -0.3 is 29.7 Å². The van der Waals surface area contributed by atoms with Gasteiger partial charge in [0.05, 0.1) is 41.2 Å². The average molecular weight is 848 g/mol. The zero-order valence-corrected chi connectivity index (χ0v) is 36.3. The summed E-state index contributed by atoms with van der Waals surface area (Å²) in [6.07, 6.45) is 18.7. The summed E-state index contributed by atoms with van der Waals surface area (Å²) in [6, 6.07) is 9.40. The molecule has 6 aliphatic rings. The zero-order valence-electron chi connectivity index (χ0n) is 35.5. The molecule has 1 aromatic carbocycles. The van der Waals surface area contributed by atoms with E-state index < -0.39 is 6.04 Å². The topological polar surface area (TPSA) is 138 Å². The Hall–Kier alpha value is -5.13. The number of anilines is 2. The van der Waals surface area contributed by atoms with Crippen LogP contribution >= 0.6 is 11.6 Å². The van der Waals surface area contributed by atoms with Crippen LogP contribution in [-0.2, 0) is 29.0 Å². The first-order chi connectivity index (χ1) is 29.7. The van der Waals surface area contributed by atoms with E-state index in [0.717, 1.165) is 134 Å². The standard InChI is InChI=1S/C46H58ClN11O3/c1-31(59)56-25-18-41-39(30-56)45(57-20-3-4-33-13-19-49-28-43(33)57)52-58(41)36-16-21-54(22-17-36)29-32-14-23-55(24-15-32)44-12-11-42(53(2)51-44)46(60)50-35-6-9-37(10-7-35)61-38-8-5-34(27-48)40(47)26-38/h5,8,11-13,19,26,28,32,35-37,42H,3-4,6-7,9-10,14-18,20-25,29-30H2,1-2H3,(H,50,60). The lowest BCUT2D eigenvalue weighted by molar-refractivity contribution is -0.129. The fourth-order valence-electron chi connectivity index (χ4n) is 10.4. The molecule has 9 rings (SSSR count). The number of fused-ring (bicyclic) bond motifs is 2. The van der Waals surface area contributed by atoms with Crippen LogP contribution in [0.2, 0.25) is 5.02 Å². The molecule has 3 aromatic rings. The molecule has 5 aliphatic heterocycles. The van der Waals surface area contributed by atoms with Crippen LogP contribution in [0.15, 0.2) is 53.9 Å². The summed E-state index contributed by atoms with van der Waals surface area (Å²) in [6.45, 7) is 9.14. The molecular weight excluding hydrogens is 790 g/mol. The van der Waals surface area contributed by atoms with Gasteiger partial charge in [0.1, 0.15) is 23.7 Å². The van der Waals surface area contributed by atoms with Crippen molar-refractivity contribution >= 4 is 40.8 Å². The zero-order chi connectivity index (χ0) is 42.0. The van der Waals surface area contributed by atoms with E-state index in [1.54, 1.807) is 30.1 Å². The maximum atomic E-state index is 13.4. The Bertz CT molecular complexity index is 2190. The van der Waals surface area contributed by atoms with Crippen LogP contribution in [0.5, 0.6) is 5.75 Å². The number of aromatic nitrogens is 3. The molecule has 1 aliphatic carbocycles. The highest BCUT2D eigenvalue weighted by atomic mass is 35.5. The van der Waals surface area contributed by atoms with Gasteiger partial charge in [0.2, 0.25) is 11.8 Å². The van der Waals surface area contributed by atoms with Gasteiger partial charge in [-0.15, -0.1) is 0 Å². The van der Waals surface area contributed by atoms with Crippen LogP contribution in [0.4, 0.5) is 11.5 Å². The molecule has 1 saturated carbocycles. The number of likely N-dealkylation sites (tertiary alicyclic amines) is 2. The van der Waals surface area contributed by atoms with Crippen molar-refractivity contribution in [1.82, 2.24) is 39.8 Å². The number of hydrazone groups is 1. The maximum Gasteiger partial charge on any atom is 0.248 e. The first kappa shape index (κ1) is 41.2. The van der Waals surface area contributed by atoms with Crippen molar-refractivity contribution in [3.8, 4) is 11.8 Å². The Labute approximate surface area is 364 Å². The molecule has 322 valence electrons. The molecule has 15 heteroatoms. The van der Waals surface area contributed by atoms with Crippen molar-refractivity contribution in [2.45, 2.75) is 108 Å². The molecule has 3 fully saturated rings. The van der Waals surface area contributed by atoms with E-state index in [0.29, 0.717) is 34.8 Å². The number of rotatable bonds is 8. The number of hydrogen-bond donors (Lipinski definition) is 1. The smallest absolute Gasteiger partial charge is 0.248 e. The number of ether oxygens (including phenoxy) is 1. The fraction of sp³-hybridized carbons (Fsp3) is 0.565. The number of amidine groups is 1. The SMILES string of the molecule is CC(=O)N1CCc2c(c(N3CCCc4ccncc43)nn2C2CCN(CC3CCN(C4=NN(C)C(C(=O)NC5CCC(Oc6ccc(C#N)c(Cl)c6)CC5)C=C4)CC3)CC2)C1. The van der Waals surface area contributed by atoms with Gasteiger partial charge in [-0.25, -0.2) is 0 Å². The third kappa shape index (κ3) is 8.96. The number of nitriles is 1. The number of halogens is 1. The minimum atomic E-state index is -0.438. The maximum absolute atomic E-state index is 13.4. The van der Waals surface area contributed by atoms with E-state index in [9.17, 15) is 9.59 Å². The summed E-state index contributed by atoms with van der Waals surface area (Å²) >= 11 is 6.19. The number of pyridine rings is 1. The Morgan fingerprint density at radius 3 is 2.52 bits per heavy atom. The number of benzene rings is 1. The van der Waals surface area contributed by atoms with Gasteiger partial charge >= 0.3 is 0 Å². The van der Waals surface area contributed by atoms with Gasteiger partial charge in [-0.05, 0) is 106 Å². The third-order valence-corrected chi connectivity index (χ3v) is 14.2. The lowest BCUT2D eigenvalue weighted by Gasteiger charge is -2.39. The third-order valence-electron chi connectivity index (χ3n) is 13.9. The number of hydrogen-bond acceptors (Lipinski definition) is 11. The normalized spacial score (nSPS) is 23.8. The number of aryl methyl sites for hydroxylation is 1. The van der Waals surface area contributed by atoms with Crippen LogP contribution in [0.3, 0.4) is 0 Å². The molecule has 2 amide bonds. The quantitative estimate of drug-likeness (QED) is 0.295. The van der Waals surface area contributed by atoms with Crippen molar-refractivity contribution in [2.75, 3.05) is 57.8 Å². The number of likely N-dealkylation sites (N-methyl/N-ethyl adjacent to an activating group) is 1. The Balaban J connectivity index is 0.731. The van der Waals surface area contributed by atoms with E-state index in [1.807, 2.05) is 36.5 Å². The van der Waals surface area contributed by atoms with E-state index in [-0.39, 0.29) is 24.0 Å². The summed E-state index contributed by atoms with van der Waals surface area (Å²) < 4.78 is 8.49. The van der Waals surface area contributed by atoms with Crippen molar-refractivity contribution in [2.24, 2.45) is 11.0 Å². The number of nitrogens with one attached hydrogen (secondary N) is 1. The van der Waals surface area contributed by atoms with Crippen molar-refractivity contribution < 1.29 is 14.3 Å². The molecule has 1 atom stereocenters. The highest BCUT2D eigenvalue weighted by molar-refractivity contribution is 6.31. The Kier molecular flexibility index (Phi) is 12.2. The van der Waals surface area contributed by atoms with Gasteiger partial charge in [-0.1, -0.05) is 11.6 Å². The number of nitrogens with zero attached hydrogens (tertiary/aromatic N) is 10. The molecule has 2 saturated heterocycles. The summed E-state index contributed by atoms with van der Waals surface area (Å²) in [7, 11) is 1.89. The van der Waals surface area contributed by atoms with Crippen LogP contribution < -0.4 is 15.0 Å².